The van der Waals surface area contributed by atoms with Crippen LogP contribution in [0.5, 0.6) is 5.75 Å². The van der Waals surface area contributed by atoms with Crippen molar-refractivity contribution in [2.24, 2.45) is 0 Å². The van der Waals surface area contributed by atoms with Crippen LogP contribution in [0.3, 0.4) is 0 Å². The summed E-state index contributed by atoms with van der Waals surface area (Å²) in [6.45, 7) is 2.72. The van der Waals surface area contributed by atoms with Crippen molar-refractivity contribution in [1.82, 2.24) is 4.98 Å². The Morgan fingerprint density at radius 2 is 2.12 bits per heavy atom. The number of hydrogen-bond acceptors (Lipinski definition) is 4. The Kier molecular flexibility index (Phi) is 5.33. The summed E-state index contributed by atoms with van der Waals surface area (Å²) in [5, 5.41) is 0. The van der Waals surface area contributed by atoms with Crippen LogP contribution in [-0.2, 0) is 9.59 Å². The van der Waals surface area contributed by atoms with Gasteiger partial charge in [-0.05, 0) is 47.1 Å². The van der Waals surface area contributed by atoms with Crippen LogP contribution in [0.2, 0.25) is 0 Å². The molecule has 0 fully saturated rings. The van der Waals surface area contributed by atoms with Crippen LogP contribution in [0.1, 0.15) is 13.3 Å². The summed E-state index contributed by atoms with van der Waals surface area (Å²) < 4.78 is 6.28. The van der Waals surface area contributed by atoms with E-state index in [0.717, 1.165) is 4.47 Å². The average molecular weight is 404 g/mol. The van der Waals surface area contributed by atoms with Crippen LogP contribution < -0.4 is 14.5 Å². The first-order valence-corrected chi connectivity index (χ1v) is 8.83. The summed E-state index contributed by atoms with van der Waals surface area (Å²) in [5.41, 5.74) is 0.705. The Hall–Kier alpha value is -2.41. The maximum Gasteiger partial charge on any atom is 0.265 e. The number of aromatic nitrogens is 1. The molecule has 1 aliphatic heterocycles. The van der Waals surface area contributed by atoms with Crippen LogP contribution in [0.25, 0.3) is 0 Å². The molecule has 0 aliphatic carbocycles. The molecule has 0 saturated heterocycles. The molecule has 130 valence electrons. The Bertz CT molecular complexity index is 779. The van der Waals surface area contributed by atoms with Gasteiger partial charge in [0.15, 0.2) is 6.61 Å². The normalized spacial score (nSPS) is 13.2. The topological polar surface area (TPSA) is 62.7 Å². The fourth-order valence-electron chi connectivity index (χ4n) is 2.74. The molecule has 0 N–H and O–H groups in total. The highest BCUT2D eigenvalue weighted by molar-refractivity contribution is 9.10. The zero-order valence-electron chi connectivity index (χ0n) is 13.8. The SMILES string of the molecule is CCN(C(=O)CCN1C(=O)COc2ccccc21)c1ccc(Br)cn1. The lowest BCUT2D eigenvalue weighted by atomic mass is 10.2. The Balaban J connectivity index is 1.71. The second-order valence-electron chi connectivity index (χ2n) is 5.52. The summed E-state index contributed by atoms with van der Waals surface area (Å²) in [6.07, 6.45) is 1.87. The van der Waals surface area contributed by atoms with E-state index in [1.54, 1.807) is 22.1 Å². The van der Waals surface area contributed by atoms with Crippen LogP contribution in [-0.4, -0.2) is 36.5 Å². The van der Waals surface area contributed by atoms with Crippen molar-refractivity contribution in [3.8, 4) is 5.75 Å². The van der Waals surface area contributed by atoms with Crippen molar-refractivity contribution in [2.45, 2.75) is 13.3 Å². The van der Waals surface area contributed by atoms with Crippen molar-refractivity contribution in [3.05, 3.63) is 47.1 Å². The molecule has 1 aromatic heterocycles. The molecule has 2 amide bonds. The van der Waals surface area contributed by atoms with E-state index >= 15 is 0 Å². The zero-order valence-corrected chi connectivity index (χ0v) is 15.4. The minimum absolute atomic E-state index is 0.00301. The van der Waals surface area contributed by atoms with E-state index in [4.69, 9.17) is 4.74 Å². The van der Waals surface area contributed by atoms with Gasteiger partial charge in [0.05, 0.1) is 5.69 Å². The van der Waals surface area contributed by atoms with Gasteiger partial charge in [-0.15, -0.1) is 0 Å². The molecule has 6 nitrogen and oxygen atoms in total. The lowest BCUT2D eigenvalue weighted by molar-refractivity contribution is -0.121. The molecule has 0 radical (unpaired) electrons. The highest BCUT2D eigenvalue weighted by Crippen LogP contribution is 2.31. The molecule has 3 rings (SSSR count). The zero-order chi connectivity index (χ0) is 17.8. The summed E-state index contributed by atoms with van der Waals surface area (Å²) in [6, 6.07) is 11.0. The maximum absolute atomic E-state index is 12.6. The summed E-state index contributed by atoms with van der Waals surface area (Å²) in [4.78, 5) is 32.3. The van der Waals surface area contributed by atoms with Crippen LogP contribution in [0, 0.1) is 0 Å². The molecule has 2 heterocycles. The van der Waals surface area contributed by atoms with Gasteiger partial charge in [0.2, 0.25) is 5.91 Å². The number of anilines is 2. The van der Waals surface area contributed by atoms with E-state index in [1.165, 1.54) is 0 Å². The molecule has 0 atom stereocenters. The van der Waals surface area contributed by atoms with Gasteiger partial charge >= 0.3 is 0 Å². The average Bonchev–Trinajstić information content (AvgIpc) is 2.63. The number of para-hydroxylation sites is 2. The smallest absolute Gasteiger partial charge is 0.265 e. The molecule has 0 unspecified atom stereocenters. The second kappa shape index (κ2) is 7.65. The van der Waals surface area contributed by atoms with E-state index < -0.39 is 0 Å². The molecule has 1 aliphatic rings. The number of nitrogens with zero attached hydrogens (tertiary/aromatic N) is 3. The number of hydrogen-bond donors (Lipinski definition) is 0. The first-order chi connectivity index (χ1) is 12.1. The number of pyridine rings is 1. The minimum atomic E-state index is -0.142. The predicted octanol–water partition coefficient (Wildman–Crippen LogP) is 3.01. The number of rotatable bonds is 5. The molecule has 7 heteroatoms. The molecular formula is C18H18BrN3O3. The number of carbonyl (C=O) groups excluding carboxylic acids is 2. The van der Waals surface area contributed by atoms with E-state index in [-0.39, 0.29) is 24.8 Å². The number of fused-ring (bicyclic) bond motifs is 1. The molecule has 1 aromatic carbocycles. The predicted molar refractivity (Wildman–Crippen MR) is 98.9 cm³/mol. The number of amides is 2. The first kappa shape index (κ1) is 17.4. The van der Waals surface area contributed by atoms with Gasteiger partial charge in [0, 0.05) is 30.2 Å². The van der Waals surface area contributed by atoms with Crippen molar-refractivity contribution >= 4 is 39.2 Å². The molecule has 0 spiro atoms. The van der Waals surface area contributed by atoms with Crippen molar-refractivity contribution in [1.29, 1.82) is 0 Å². The quantitative estimate of drug-likeness (QED) is 0.769. The van der Waals surface area contributed by atoms with Gasteiger partial charge in [-0.1, -0.05) is 12.1 Å². The highest BCUT2D eigenvalue weighted by Gasteiger charge is 2.26. The lowest BCUT2D eigenvalue weighted by Crippen LogP contribution is -2.41. The van der Waals surface area contributed by atoms with Gasteiger partial charge < -0.3 is 9.64 Å². The standard InChI is InChI=1S/C18H18BrN3O3/c1-2-21(16-8-7-13(19)11-20-16)17(23)9-10-22-14-5-3-4-6-15(14)25-12-18(22)24/h3-8,11H,2,9-10,12H2,1H3. The minimum Gasteiger partial charge on any atom is -0.482 e. The third-order valence-electron chi connectivity index (χ3n) is 3.96. The number of carbonyl (C=O) groups is 2. The third kappa shape index (κ3) is 3.82. The summed E-state index contributed by atoms with van der Waals surface area (Å²) in [5.74, 6) is 1.05. The summed E-state index contributed by atoms with van der Waals surface area (Å²) in [7, 11) is 0. The van der Waals surface area contributed by atoms with Gasteiger partial charge in [0.25, 0.3) is 5.91 Å². The van der Waals surface area contributed by atoms with Gasteiger partial charge in [-0.3, -0.25) is 14.5 Å². The van der Waals surface area contributed by atoms with Crippen molar-refractivity contribution in [3.63, 3.8) is 0 Å². The van der Waals surface area contributed by atoms with Crippen molar-refractivity contribution < 1.29 is 14.3 Å². The Morgan fingerprint density at radius 3 is 2.84 bits per heavy atom. The van der Waals surface area contributed by atoms with E-state index in [2.05, 4.69) is 20.9 Å². The number of benzene rings is 1. The van der Waals surface area contributed by atoms with Gasteiger partial charge in [-0.25, -0.2) is 4.98 Å². The fourth-order valence-corrected chi connectivity index (χ4v) is 2.97. The summed E-state index contributed by atoms with van der Waals surface area (Å²) >= 11 is 3.34. The molecule has 0 saturated carbocycles. The molecule has 25 heavy (non-hydrogen) atoms. The first-order valence-electron chi connectivity index (χ1n) is 8.04. The van der Waals surface area contributed by atoms with Crippen LogP contribution in [0.4, 0.5) is 11.5 Å². The Labute approximate surface area is 154 Å². The molecule has 0 bridgehead atoms. The maximum atomic E-state index is 12.6. The largest absolute Gasteiger partial charge is 0.482 e. The lowest BCUT2D eigenvalue weighted by Gasteiger charge is -2.29. The molecular weight excluding hydrogens is 386 g/mol. The van der Waals surface area contributed by atoms with E-state index in [1.807, 2.05) is 37.3 Å². The van der Waals surface area contributed by atoms with E-state index in [0.29, 0.717) is 30.3 Å². The van der Waals surface area contributed by atoms with Crippen LogP contribution >= 0.6 is 15.9 Å². The van der Waals surface area contributed by atoms with Crippen LogP contribution in [0.15, 0.2) is 47.1 Å². The number of ether oxygens (including phenoxy) is 1. The third-order valence-corrected chi connectivity index (χ3v) is 4.43. The highest BCUT2D eigenvalue weighted by atomic mass is 79.9. The number of halogens is 1. The van der Waals surface area contributed by atoms with Gasteiger partial charge in [0.1, 0.15) is 11.6 Å². The molecule has 2 aromatic rings. The second-order valence-corrected chi connectivity index (χ2v) is 6.44. The van der Waals surface area contributed by atoms with E-state index in [9.17, 15) is 9.59 Å². The monoisotopic (exact) mass is 403 g/mol. The van der Waals surface area contributed by atoms with Crippen molar-refractivity contribution in [2.75, 3.05) is 29.5 Å². The van der Waals surface area contributed by atoms with Gasteiger partial charge in [-0.2, -0.15) is 0 Å². The fraction of sp³-hybridized carbons (Fsp3) is 0.278. The Morgan fingerprint density at radius 1 is 1.32 bits per heavy atom.